The van der Waals surface area contributed by atoms with Crippen molar-refractivity contribution in [3.05, 3.63) is 73.5 Å². The molecule has 4 aromatic rings. The van der Waals surface area contributed by atoms with Crippen LogP contribution in [-0.4, -0.2) is 41.5 Å². The summed E-state index contributed by atoms with van der Waals surface area (Å²) in [5, 5.41) is 9.97. The molecule has 10 heteroatoms. The van der Waals surface area contributed by atoms with E-state index in [1.807, 2.05) is 42.7 Å². The number of hydrogen-bond donors (Lipinski definition) is 1. The predicted octanol–water partition coefficient (Wildman–Crippen LogP) is 4.16. The molecule has 0 bridgehead atoms. The Hall–Kier alpha value is -3.43. The number of aromatic nitrogens is 5. The zero-order valence-electron chi connectivity index (χ0n) is 21.7. The fourth-order valence-electron chi connectivity index (χ4n) is 5.15. The third-order valence-corrected chi connectivity index (χ3v) is 7.37. The third kappa shape index (κ3) is 5.00. The first-order chi connectivity index (χ1) is 18.4. The van der Waals surface area contributed by atoms with Gasteiger partial charge in [0.25, 0.3) is 5.56 Å². The van der Waals surface area contributed by atoms with E-state index in [9.17, 15) is 14.7 Å². The number of nitrogens with zero attached hydrogens (tertiary/aromatic N) is 5. The Bertz CT molecular complexity index is 1570. The van der Waals surface area contributed by atoms with Crippen LogP contribution in [0.15, 0.2) is 46.0 Å². The van der Waals surface area contributed by atoms with Gasteiger partial charge in [-0.2, -0.15) is 0 Å². The van der Waals surface area contributed by atoms with Gasteiger partial charge >= 0.3 is 5.69 Å². The summed E-state index contributed by atoms with van der Waals surface area (Å²) in [7, 11) is 0. The van der Waals surface area contributed by atoms with Crippen LogP contribution in [0.25, 0.3) is 22.6 Å². The molecule has 1 aromatic carbocycles. The van der Waals surface area contributed by atoms with Crippen LogP contribution in [0.4, 0.5) is 0 Å². The number of aryl methyl sites for hydroxylation is 2. The van der Waals surface area contributed by atoms with Crippen LogP contribution in [0.5, 0.6) is 5.88 Å². The molecule has 3 aromatic heterocycles. The zero-order chi connectivity index (χ0) is 26.8. The average Bonchev–Trinajstić information content (AvgIpc) is 3.54. The highest BCUT2D eigenvalue weighted by atomic mass is 35.5. The van der Waals surface area contributed by atoms with E-state index in [-0.39, 0.29) is 19.3 Å². The van der Waals surface area contributed by atoms with Crippen molar-refractivity contribution in [1.29, 1.82) is 0 Å². The highest BCUT2D eigenvalue weighted by Crippen LogP contribution is 2.29. The monoisotopic (exact) mass is 537 g/mol. The Labute approximate surface area is 225 Å². The first kappa shape index (κ1) is 26.2. The molecule has 38 heavy (non-hydrogen) atoms. The number of halogens is 1. The lowest BCUT2D eigenvalue weighted by Crippen LogP contribution is -2.40. The molecule has 3 heterocycles. The van der Waals surface area contributed by atoms with Crippen LogP contribution in [0, 0.1) is 6.92 Å². The lowest BCUT2D eigenvalue weighted by molar-refractivity contribution is 0.201. The molecule has 0 saturated heterocycles. The van der Waals surface area contributed by atoms with Gasteiger partial charge in [-0.1, -0.05) is 23.7 Å². The minimum atomic E-state index is -0.434. The number of imidazole rings is 1. The highest BCUT2D eigenvalue weighted by Gasteiger charge is 2.24. The molecular formula is C28H32ClN5O4. The maximum absolute atomic E-state index is 13.7. The number of pyridine rings is 1. The van der Waals surface area contributed by atoms with E-state index >= 15 is 0 Å². The normalized spacial score (nSPS) is 14.0. The minimum Gasteiger partial charge on any atom is -0.474 e. The van der Waals surface area contributed by atoms with E-state index in [2.05, 4.69) is 0 Å². The molecule has 0 aliphatic heterocycles. The molecule has 9 nitrogen and oxygen atoms in total. The molecule has 1 aliphatic carbocycles. The van der Waals surface area contributed by atoms with Gasteiger partial charge in [-0.25, -0.2) is 14.8 Å². The number of aliphatic hydroxyl groups excluding tert-OH is 1. The van der Waals surface area contributed by atoms with E-state index in [1.54, 1.807) is 12.1 Å². The number of benzene rings is 1. The van der Waals surface area contributed by atoms with E-state index in [4.69, 9.17) is 26.3 Å². The van der Waals surface area contributed by atoms with Crippen molar-refractivity contribution in [3.63, 3.8) is 0 Å². The summed E-state index contributed by atoms with van der Waals surface area (Å²) < 4.78 is 10.6. The Morgan fingerprint density at radius 1 is 1.03 bits per heavy atom. The first-order valence-electron chi connectivity index (χ1n) is 13.1. The summed E-state index contributed by atoms with van der Waals surface area (Å²) in [6.45, 7) is 4.44. The highest BCUT2D eigenvalue weighted by molar-refractivity contribution is 6.30. The van der Waals surface area contributed by atoms with Gasteiger partial charge in [0.1, 0.15) is 11.9 Å². The second-order valence-electron chi connectivity index (χ2n) is 9.69. The molecule has 0 radical (unpaired) electrons. The van der Waals surface area contributed by atoms with Crippen LogP contribution >= 0.6 is 11.6 Å². The number of hydrogen-bond acceptors (Lipinski definition) is 6. The molecule has 1 saturated carbocycles. The number of rotatable bonds is 9. The molecule has 0 atom stereocenters. The quantitative estimate of drug-likeness (QED) is 0.344. The number of fused-ring (bicyclic) bond motifs is 1. The second-order valence-corrected chi connectivity index (χ2v) is 10.1. The van der Waals surface area contributed by atoms with Crippen LogP contribution in [-0.2, 0) is 19.6 Å². The second kappa shape index (κ2) is 11.1. The SMILES string of the molecule is CCn1c(=O)n(CCCO)c(=O)c2c1nc(-c1ccc(OC3CCCC3)nc1C)n2Cc1ccc(Cl)cc1. The minimum absolute atomic E-state index is 0.120. The smallest absolute Gasteiger partial charge is 0.332 e. The van der Waals surface area contributed by atoms with E-state index in [0.717, 1.165) is 29.7 Å². The van der Waals surface area contributed by atoms with Crippen molar-refractivity contribution in [2.75, 3.05) is 6.61 Å². The molecular weight excluding hydrogens is 506 g/mol. The van der Waals surface area contributed by atoms with Crippen molar-refractivity contribution < 1.29 is 9.84 Å². The van der Waals surface area contributed by atoms with Crippen molar-refractivity contribution in [2.45, 2.75) is 71.7 Å². The predicted molar refractivity (Wildman–Crippen MR) is 147 cm³/mol. The largest absolute Gasteiger partial charge is 0.474 e. The van der Waals surface area contributed by atoms with Crippen LogP contribution in [0.2, 0.25) is 5.02 Å². The zero-order valence-corrected chi connectivity index (χ0v) is 22.4. The number of aliphatic hydroxyl groups is 1. The third-order valence-electron chi connectivity index (χ3n) is 7.12. The molecule has 0 amide bonds. The molecule has 1 fully saturated rings. The van der Waals surface area contributed by atoms with E-state index in [1.165, 1.54) is 22.0 Å². The topological polar surface area (TPSA) is 104 Å². The van der Waals surface area contributed by atoms with E-state index < -0.39 is 11.2 Å². The van der Waals surface area contributed by atoms with Crippen LogP contribution in [0.1, 0.15) is 50.3 Å². The van der Waals surface area contributed by atoms with Gasteiger partial charge in [0, 0.05) is 42.9 Å². The Kier molecular flexibility index (Phi) is 7.67. The molecule has 5 rings (SSSR count). The first-order valence-corrected chi connectivity index (χ1v) is 13.5. The van der Waals surface area contributed by atoms with Gasteiger partial charge in [-0.3, -0.25) is 13.9 Å². The van der Waals surface area contributed by atoms with Crippen molar-refractivity contribution in [2.24, 2.45) is 0 Å². The lowest BCUT2D eigenvalue weighted by Gasteiger charge is -2.15. The summed E-state index contributed by atoms with van der Waals surface area (Å²) >= 11 is 6.11. The van der Waals surface area contributed by atoms with Crippen LogP contribution in [0.3, 0.4) is 0 Å². The molecule has 1 N–H and O–H groups in total. The summed E-state index contributed by atoms with van der Waals surface area (Å²) in [6.07, 6.45) is 4.91. The Balaban J connectivity index is 1.70. The lowest BCUT2D eigenvalue weighted by atomic mass is 10.1. The molecule has 0 spiro atoms. The van der Waals surface area contributed by atoms with Crippen molar-refractivity contribution in [3.8, 4) is 17.3 Å². The van der Waals surface area contributed by atoms with Gasteiger partial charge in [0.05, 0.1) is 5.69 Å². The van der Waals surface area contributed by atoms with Crippen LogP contribution < -0.4 is 16.0 Å². The van der Waals surface area contributed by atoms with Gasteiger partial charge in [-0.15, -0.1) is 0 Å². The summed E-state index contributed by atoms with van der Waals surface area (Å²) in [5.41, 5.74) is 2.21. The molecule has 0 unspecified atom stereocenters. The van der Waals surface area contributed by atoms with E-state index in [0.29, 0.717) is 47.4 Å². The maximum atomic E-state index is 13.7. The van der Waals surface area contributed by atoms with Gasteiger partial charge in [0.15, 0.2) is 11.2 Å². The number of ether oxygens (including phenoxy) is 1. The fourth-order valence-corrected chi connectivity index (χ4v) is 5.28. The van der Waals surface area contributed by atoms with Crippen molar-refractivity contribution in [1.82, 2.24) is 23.7 Å². The standard InChI is InChI=1S/C28H32ClN5O4/c1-3-32-26-24(27(36)33(28(32)37)15-6-16-35)34(17-19-9-11-20(29)12-10-19)25(31-26)22-13-14-23(30-18(22)2)38-21-7-4-5-8-21/h9-14,21,35H,3-8,15-17H2,1-2H3. The maximum Gasteiger partial charge on any atom is 0.332 e. The van der Waals surface area contributed by atoms with Gasteiger partial charge < -0.3 is 14.4 Å². The molecule has 200 valence electrons. The fraction of sp³-hybridized carbons (Fsp3) is 0.429. The van der Waals surface area contributed by atoms with Crippen molar-refractivity contribution >= 4 is 22.8 Å². The summed E-state index contributed by atoms with van der Waals surface area (Å²) in [5.74, 6) is 1.13. The van der Waals surface area contributed by atoms with Gasteiger partial charge in [0.2, 0.25) is 5.88 Å². The average molecular weight is 538 g/mol. The Morgan fingerprint density at radius 2 is 1.76 bits per heavy atom. The molecule has 1 aliphatic rings. The summed E-state index contributed by atoms with van der Waals surface area (Å²) in [6, 6.07) is 11.2. The Morgan fingerprint density at radius 3 is 2.42 bits per heavy atom. The van der Waals surface area contributed by atoms with Gasteiger partial charge in [-0.05, 0) is 69.7 Å². The summed E-state index contributed by atoms with van der Waals surface area (Å²) in [4.78, 5) is 36.5.